The van der Waals surface area contributed by atoms with Gasteiger partial charge in [-0.1, -0.05) is 48.2 Å². The zero-order valence-corrected chi connectivity index (χ0v) is 16.7. The molecule has 1 aliphatic rings. The predicted molar refractivity (Wildman–Crippen MR) is 107 cm³/mol. The maximum atomic E-state index is 12.0. The topological polar surface area (TPSA) is 57.0 Å². The van der Waals surface area contributed by atoms with Crippen LogP contribution in [0.1, 0.15) is 29.6 Å². The van der Waals surface area contributed by atoms with Gasteiger partial charge in [-0.15, -0.1) is 21.5 Å². The van der Waals surface area contributed by atoms with Crippen molar-refractivity contribution in [1.82, 2.24) is 14.8 Å². The minimum atomic E-state index is -0.200. The molecule has 0 spiro atoms. The minimum Gasteiger partial charge on any atom is -0.462 e. The highest BCUT2D eigenvalue weighted by Gasteiger charge is 2.34. The van der Waals surface area contributed by atoms with E-state index in [9.17, 15) is 4.79 Å². The Morgan fingerprint density at radius 3 is 2.78 bits per heavy atom. The van der Waals surface area contributed by atoms with Crippen molar-refractivity contribution in [3.8, 4) is 0 Å². The second kappa shape index (κ2) is 8.27. The monoisotopic (exact) mass is 399 g/mol. The molecule has 3 heterocycles. The summed E-state index contributed by atoms with van der Waals surface area (Å²) in [6, 6.07) is 14.6. The third-order valence-corrected chi connectivity index (χ3v) is 6.61. The van der Waals surface area contributed by atoms with Gasteiger partial charge in [0.2, 0.25) is 0 Å². The molecule has 4 rings (SSSR count). The lowest BCUT2D eigenvalue weighted by Gasteiger charge is -2.11. The number of nitrogens with zero attached hydrogens (tertiary/aromatic N) is 3. The number of hydrogen-bond donors (Lipinski definition) is 0. The standard InChI is InChI=1S/C20H21N3O2S2/c1-14-12-17(19(24)25-14)27-20-22-21-18(13-16-8-5-11-26-16)23(20)10-9-15-6-3-2-4-7-15/h2-8,11,14,17H,9-10,12-13H2,1H3/t14-,17+/m0/s1. The van der Waals surface area contributed by atoms with Crippen LogP contribution in [0.3, 0.4) is 0 Å². The zero-order valence-electron chi connectivity index (χ0n) is 15.1. The van der Waals surface area contributed by atoms with Gasteiger partial charge >= 0.3 is 5.97 Å². The Morgan fingerprint density at radius 1 is 1.22 bits per heavy atom. The summed E-state index contributed by atoms with van der Waals surface area (Å²) in [5, 5.41) is 11.5. The Morgan fingerprint density at radius 2 is 2.07 bits per heavy atom. The van der Waals surface area contributed by atoms with Gasteiger partial charge in [0.15, 0.2) is 5.16 Å². The smallest absolute Gasteiger partial charge is 0.319 e. The van der Waals surface area contributed by atoms with Gasteiger partial charge in [-0.05, 0) is 30.4 Å². The Balaban J connectivity index is 1.55. The van der Waals surface area contributed by atoms with Gasteiger partial charge in [-0.3, -0.25) is 4.79 Å². The summed E-state index contributed by atoms with van der Waals surface area (Å²) in [5.74, 6) is 0.792. The summed E-state index contributed by atoms with van der Waals surface area (Å²) in [5.41, 5.74) is 1.28. The molecule has 1 saturated heterocycles. The van der Waals surface area contributed by atoms with Crippen LogP contribution in [0.25, 0.3) is 0 Å². The molecule has 1 aliphatic heterocycles. The molecule has 7 heteroatoms. The molecule has 1 fully saturated rings. The number of thiophene rings is 1. The number of benzene rings is 1. The molecular formula is C20H21N3O2S2. The van der Waals surface area contributed by atoms with Gasteiger partial charge in [0.25, 0.3) is 0 Å². The maximum absolute atomic E-state index is 12.0. The number of cyclic esters (lactones) is 1. The van der Waals surface area contributed by atoms with Crippen molar-refractivity contribution in [3.63, 3.8) is 0 Å². The molecule has 2 aromatic heterocycles. The normalized spacial score (nSPS) is 19.4. The number of esters is 1. The molecule has 0 unspecified atom stereocenters. The van der Waals surface area contributed by atoms with E-state index in [1.54, 1.807) is 11.3 Å². The van der Waals surface area contributed by atoms with E-state index in [0.717, 1.165) is 36.8 Å². The van der Waals surface area contributed by atoms with E-state index in [1.165, 1.54) is 22.2 Å². The Kier molecular flexibility index (Phi) is 5.59. The number of hydrogen-bond acceptors (Lipinski definition) is 6. The lowest BCUT2D eigenvalue weighted by Crippen LogP contribution is -2.13. The fraction of sp³-hybridized carbons (Fsp3) is 0.350. The highest BCUT2D eigenvalue weighted by atomic mass is 32.2. The van der Waals surface area contributed by atoms with Gasteiger partial charge in [0.1, 0.15) is 17.2 Å². The summed E-state index contributed by atoms with van der Waals surface area (Å²) in [6.07, 6.45) is 2.34. The van der Waals surface area contributed by atoms with E-state index in [-0.39, 0.29) is 17.3 Å². The van der Waals surface area contributed by atoms with Gasteiger partial charge in [-0.2, -0.15) is 0 Å². The number of aromatic nitrogens is 3. The van der Waals surface area contributed by atoms with Crippen molar-refractivity contribution in [1.29, 1.82) is 0 Å². The summed E-state index contributed by atoms with van der Waals surface area (Å²) >= 11 is 3.20. The van der Waals surface area contributed by atoms with Crippen molar-refractivity contribution in [3.05, 3.63) is 64.1 Å². The number of ether oxygens (including phenoxy) is 1. The van der Waals surface area contributed by atoms with E-state index in [4.69, 9.17) is 4.74 Å². The molecule has 5 nitrogen and oxygen atoms in total. The Hall–Kier alpha value is -2.12. The van der Waals surface area contributed by atoms with Crippen molar-refractivity contribution >= 4 is 29.1 Å². The first-order chi connectivity index (χ1) is 13.2. The number of carbonyl (C=O) groups excluding carboxylic acids is 1. The van der Waals surface area contributed by atoms with E-state index in [0.29, 0.717) is 0 Å². The van der Waals surface area contributed by atoms with Crippen LogP contribution in [0.15, 0.2) is 53.0 Å². The van der Waals surface area contributed by atoms with Gasteiger partial charge in [-0.25, -0.2) is 0 Å². The largest absolute Gasteiger partial charge is 0.462 e. The van der Waals surface area contributed by atoms with E-state index in [2.05, 4.69) is 56.5 Å². The third-order valence-electron chi connectivity index (χ3n) is 4.55. The summed E-state index contributed by atoms with van der Waals surface area (Å²) in [6.45, 7) is 2.72. The molecule has 2 atom stereocenters. The molecule has 27 heavy (non-hydrogen) atoms. The fourth-order valence-corrected chi connectivity index (χ4v) is 5.05. The van der Waals surface area contributed by atoms with E-state index in [1.807, 2.05) is 13.0 Å². The molecule has 0 saturated carbocycles. The molecule has 0 amide bonds. The van der Waals surface area contributed by atoms with Crippen LogP contribution < -0.4 is 0 Å². The summed E-state index contributed by atoms with van der Waals surface area (Å²) in [7, 11) is 0. The second-order valence-corrected chi connectivity index (χ2v) is 8.83. The average molecular weight is 400 g/mol. The van der Waals surface area contributed by atoms with Crippen LogP contribution in [0, 0.1) is 0 Å². The Labute approximate surface area is 166 Å². The lowest BCUT2D eigenvalue weighted by atomic mass is 10.1. The van der Waals surface area contributed by atoms with Crippen LogP contribution >= 0.6 is 23.1 Å². The highest BCUT2D eigenvalue weighted by molar-refractivity contribution is 8.00. The number of rotatable bonds is 7. The van der Waals surface area contributed by atoms with Crippen LogP contribution in [0.4, 0.5) is 0 Å². The van der Waals surface area contributed by atoms with Crippen molar-refractivity contribution in [2.75, 3.05) is 0 Å². The van der Waals surface area contributed by atoms with Gasteiger partial charge in [0, 0.05) is 24.3 Å². The first kappa shape index (κ1) is 18.3. The first-order valence-electron chi connectivity index (χ1n) is 9.04. The van der Waals surface area contributed by atoms with Crippen molar-refractivity contribution in [2.45, 2.75) is 49.2 Å². The van der Waals surface area contributed by atoms with E-state index >= 15 is 0 Å². The minimum absolute atomic E-state index is 0.0266. The van der Waals surface area contributed by atoms with Crippen LogP contribution in [-0.4, -0.2) is 32.1 Å². The van der Waals surface area contributed by atoms with Crippen molar-refractivity contribution in [2.24, 2.45) is 0 Å². The van der Waals surface area contributed by atoms with Gasteiger partial charge in [0.05, 0.1) is 0 Å². The lowest BCUT2D eigenvalue weighted by molar-refractivity contribution is -0.140. The molecule has 1 aromatic carbocycles. The first-order valence-corrected chi connectivity index (χ1v) is 10.8. The second-order valence-electron chi connectivity index (χ2n) is 6.63. The average Bonchev–Trinajstić information content (AvgIpc) is 3.38. The number of aryl methyl sites for hydroxylation is 1. The Bertz CT molecular complexity index is 893. The molecule has 0 radical (unpaired) electrons. The van der Waals surface area contributed by atoms with E-state index < -0.39 is 0 Å². The number of thioether (sulfide) groups is 1. The zero-order chi connectivity index (χ0) is 18.6. The SMILES string of the molecule is C[C@H]1C[C@@H](Sc2nnc(Cc3cccs3)n2CCc2ccccc2)C(=O)O1. The maximum Gasteiger partial charge on any atom is 0.319 e. The van der Waals surface area contributed by atoms with Gasteiger partial charge < -0.3 is 9.30 Å². The fourth-order valence-electron chi connectivity index (χ4n) is 3.16. The van der Waals surface area contributed by atoms with Crippen molar-refractivity contribution < 1.29 is 9.53 Å². The van der Waals surface area contributed by atoms with Crippen LogP contribution in [-0.2, 0) is 28.9 Å². The molecule has 140 valence electrons. The molecule has 0 aliphatic carbocycles. The molecule has 0 bridgehead atoms. The third kappa shape index (κ3) is 4.42. The summed E-state index contributed by atoms with van der Waals surface area (Å²) < 4.78 is 7.45. The highest BCUT2D eigenvalue weighted by Crippen LogP contribution is 2.32. The quantitative estimate of drug-likeness (QED) is 0.563. The van der Waals surface area contributed by atoms with Crippen LogP contribution in [0.2, 0.25) is 0 Å². The predicted octanol–water partition coefficient (Wildman–Crippen LogP) is 3.97. The molecule has 3 aromatic rings. The molecular weight excluding hydrogens is 378 g/mol. The van der Waals surface area contributed by atoms with Crippen LogP contribution in [0.5, 0.6) is 0 Å². The number of carbonyl (C=O) groups is 1. The molecule has 0 N–H and O–H groups in total. The summed E-state index contributed by atoms with van der Waals surface area (Å²) in [4.78, 5) is 13.3.